The zero-order chi connectivity index (χ0) is 64.9. The van der Waals surface area contributed by atoms with Crippen LogP contribution in [0, 0.1) is 0 Å². The molecule has 0 aromatic heterocycles. The molecule has 1 fully saturated rings. The summed E-state index contributed by atoms with van der Waals surface area (Å²) >= 11 is 0. The van der Waals surface area contributed by atoms with Gasteiger partial charge in [0, 0.05) is 78.0 Å². The first kappa shape index (κ1) is 84.9. The fourth-order valence-electron chi connectivity index (χ4n) is 12.9. The van der Waals surface area contributed by atoms with Crippen LogP contribution < -0.4 is 0 Å². The Labute approximate surface area is 560 Å². The van der Waals surface area contributed by atoms with E-state index < -0.39 is 0 Å². The molecule has 90 heavy (non-hydrogen) atoms. The fourth-order valence-corrected chi connectivity index (χ4v) is 12.9. The summed E-state index contributed by atoms with van der Waals surface area (Å²) in [5.74, 6) is 0.733. The van der Waals surface area contributed by atoms with Crippen molar-refractivity contribution in [1.29, 1.82) is 0 Å². The summed E-state index contributed by atoms with van der Waals surface area (Å²) in [4.78, 5) is 64.9. The van der Waals surface area contributed by atoms with E-state index in [4.69, 9.17) is 0 Å². The lowest BCUT2D eigenvalue weighted by Gasteiger charge is -2.32. The second-order valence-electron chi connectivity index (χ2n) is 27.6. The van der Waals surface area contributed by atoms with Crippen molar-refractivity contribution in [2.45, 2.75) is 400 Å². The van der Waals surface area contributed by atoms with Crippen molar-refractivity contribution in [1.82, 2.24) is 19.6 Å². The van der Waals surface area contributed by atoms with Crippen LogP contribution in [0.2, 0.25) is 0 Å². The highest BCUT2D eigenvalue weighted by Gasteiger charge is 2.23. The summed E-state index contributed by atoms with van der Waals surface area (Å²) in [5.41, 5.74) is 0. The topological polar surface area (TPSA) is 81.2 Å². The van der Waals surface area contributed by atoms with Crippen molar-refractivity contribution in [2.75, 3.05) is 52.4 Å². The molecular formula is C82H152N4O4. The molecule has 0 aromatic rings. The second-order valence-corrected chi connectivity index (χ2v) is 27.6. The van der Waals surface area contributed by atoms with Gasteiger partial charge in [0.15, 0.2) is 0 Å². The van der Waals surface area contributed by atoms with Gasteiger partial charge in [0.1, 0.15) is 0 Å². The minimum absolute atomic E-state index is 0.183. The van der Waals surface area contributed by atoms with Gasteiger partial charge in [-0.3, -0.25) is 19.2 Å². The highest BCUT2D eigenvalue weighted by molar-refractivity contribution is 5.78. The minimum Gasteiger partial charge on any atom is -0.341 e. The Morgan fingerprint density at radius 1 is 0.200 bits per heavy atom. The average Bonchev–Trinajstić information content (AvgIpc) is 2.77. The van der Waals surface area contributed by atoms with Gasteiger partial charge >= 0.3 is 0 Å². The van der Waals surface area contributed by atoms with Gasteiger partial charge < -0.3 is 19.6 Å². The van der Waals surface area contributed by atoms with Crippen molar-refractivity contribution in [3.8, 4) is 0 Å². The quantitative estimate of drug-likeness (QED) is 0.0449. The number of carbonyl (C=O) groups is 4. The molecule has 1 heterocycles. The first-order valence-corrected chi connectivity index (χ1v) is 40.1. The van der Waals surface area contributed by atoms with Crippen LogP contribution in [0.4, 0.5) is 0 Å². The van der Waals surface area contributed by atoms with Crippen molar-refractivity contribution in [3.63, 3.8) is 0 Å². The molecule has 0 atom stereocenters. The van der Waals surface area contributed by atoms with Gasteiger partial charge in [-0.15, -0.1) is 0 Å². The lowest BCUT2D eigenvalue weighted by Crippen LogP contribution is -2.46. The molecule has 4 amide bonds. The van der Waals surface area contributed by atoms with E-state index in [1.807, 2.05) is 19.6 Å². The van der Waals surface area contributed by atoms with E-state index in [0.29, 0.717) is 90.9 Å². The first-order valence-electron chi connectivity index (χ1n) is 40.1. The Morgan fingerprint density at radius 3 is 0.511 bits per heavy atom. The van der Waals surface area contributed by atoms with E-state index in [0.717, 1.165) is 103 Å². The van der Waals surface area contributed by atoms with Gasteiger partial charge in [0.25, 0.3) is 0 Å². The smallest absolute Gasteiger partial charge is 0.222 e. The summed E-state index contributed by atoms with van der Waals surface area (Å²) in [6.45, 7) is 13.5. The van der Waals surface area contributed by atoms with E-state index in [1.165, 1.54) is 231 Å². The van der Waals surface area contributed by atoms with Gasteiger partial charge in [-0.25, -0.2) is 0 Å². The van der Waals surface area contributed by atoms with Crippen LogP contribution in [-0.2, 0) is 19.2 Å². The maximum Gasteiger partial charge on any atom is 0.222 e. The van der Waals surface area contributed by atoms with Crippen molar-refractivity contribution in [2.24, 2.45) is 0 Å². The summed E-state index contributed by atoms with van der Waals surface area (Å²) in [5, 5.41) is 0. The SMILES string of the molecule is CCCCCCCC/C=C\CCCCCCCC(=O)N1CCCN(C(=O)CCCCCCC/C=C\CCCCCCCC)CCN(C(=O)CCCCCCC/C=C\CCCCCCCC)CCCN(C(=O)CCCCCCC/C=C\CCCCCCCC)CC1. The maximum absolute atomic E-state index is 14.2. The summed E-state index contributed by atoms with van der Waals surface area (Å²) in [7, 11) is 0. The minimum atomic E-state index is 0.183. The molecule has 8 heteroatoms. The van der Waals surface area contributed by atoms with Crippen LogP contribution in [0.25, 0.3) is 0 Å². The molecule has 0 N–H and O–H groups in total. The number of hydrogen-bond acceptors (Lipinski definition) is 4. The van der Waals surface area contributed by atoms with Gasteiger partial charge in [0.05, 0.1) is 0 Å². The van der Waals surface area contributed by atoms with E-state index in [2.05, 4.69) is 76.3 Å². The largest absolute Gasteiger partial charge is 0.341 e. The third kappa shape index (κ3) is 56.4. The van der Waals surface area contributed by atoms with Gasteiger partial charge in [-0.05, 0) is 141 Å². The highest BCUT2D eigenvalue weighted by Crippen LogP contribution is 2.18. The normalized spacial score (nSPS) is 14.2. The van der Waals surface area contributed by atoms with Crippen molar-refractivity contribution < 1.29 is 19.2 Å². The number of nitrogens with zero attached hydrogens (tertiary/aromatic N) is 4. The Bertz CT molecular complexity index is 1460. The maximum atomic E-state index is 14.2. The number of hydrogen-bond donors (Lipinski definition) is 0. The number of unbranched alkanes of at least 4 members (excludes halogenated alkanes) is 44. The molecule has 524 valence electrons. The summed E-state index contributed by atoms with van der Waals surface area (Å²) in [6.07, 6.45) is 86.5. The zero-order valence-electron chi connectivity index (χ0n) is 60.7. The monoisotopic (exact) mass is 1260 g/mol. The number of carbonyl (C=O) groups excluding carboxylic acids is 4. The molecule has 8 nitrogen and oxygen atoms in total. The number of allylic oxidation sites excluding steroid dienone is 8. The summed E-state index contributed by atoms with van der Waals surface area (Å²) in [6, 6.07) is 0. The molecular weight excluding hydrogens is 1100 g/mol. The predicted octanol–water partition coefficient (Wildman–Crippen LogP) is 24.2. The van der Waals surface area contributed by atoms with Gasteiger partial charge in [-0.1, -0.05) is 282 Å². The fraction of sp³-hybridized carbons (Fsp3) is 0.854. The molecule has 0 saturated carbocycles. The van der Waals surface area contributed by atoms with E-state index >= 15 is 0 Å². The summed E-state index contributed by atoms with van der Waals surface area (Å²) < 4.78 is 0. The number of rotatable bonds is 60. The van der Waals surface area contributed by atoms with Crippen LogP contribution in [-0.4, -0.2) is 95.6 Å². The zero-order valence-corrected chi connectivity index (χ0v) is 60.7. The molecule has 0 aromatic carbocycles. The van der Waals surface area contributed by atoms with Crippen molar-refractivity contribution in [3.05, 3.63) is 48.6 Å². The predicted molar refractivity (Wildman–Crippen MR) is 393 cm³/mol. The molecule has 0 aliphatic carbocycles. The first-order chi connectivity index (χ1) is 44.4. The van der Waals surface area contributed by atoms with Crippen LogP contribution in [0.5, 0.6) is 0 Å². The molecule has 1 aliphatic rings. The van der Waals surface area contributed by atoms with Crippen LogP contribution in [0.1, 0.15) is 400 Å². The number of amides is 4. The molecule has 0 spiro atoms. The molecule has 0 unspecified atom stereocenters. The molecule has 1 rings (SSSR count). The van der Waals surface area contributed by atoms with Crippen LogP contribution in [0.15, 0.2) is 48.6 Å². The molecule has 1 aliphatic heterocycles. The van der Waals surface area contributed by atoms with Gasteiger partial charge in [0.2, 0.25) is 23.6 Å². The Hall–Kier alpha value is -3.16. The molecule has 0 bridgehead atoms. The van der Waals surface area contributed by atoms with Crippen LogP contribution >= 0.6 is 0 Å². The third-order valence-electron chi connectivity index (χ3n) is 19.0. The van der Waals surface area contributed by atoms with E-state index in [-0.39, 0.29) is 23.6 Å². The third-order valence-corrected chi connectivity index (χ3v) is 19.0. The second kappa shape index (κ2) is 68.7. The van der Waals surface area contributed by atoms with Crippen LogP contribution in [0.3, 0.4) is 0 Å². The molecule has 1 saturated heterocycles. The van der Waals surface area contributed by atoms with E-state index in [1.54, 1.807) is 0 Å². The average molecular weight is 1260 g/mol. The van der Waals surface area contributed by atoms with E-state index in [9.17, 15) is 19.2 Å². The lowest BCUT2D eigenvalue weighted by atomic mass is 10.1. The Balaban J connectivity index is 3.01. The highest BCUT2D eigenvalue weighted by atomic mass is 16.2. The Kier molecular flexibility index (Phi) is 64.8. The van der Waals surface area contributed by atoms with Gasteiger partial charge in [-0.2, -0.15) is 0 Å². The Morgan fingerprint density at radius 2 is 0.344 bits per heavy atom. The lowest BCUT2D eigenvalue weighted by molar-refractivity contribution is -0.137. The molecule has 0 radical (unpaired) electrons. The van der Waals surface area contributed by atoms with Crippen molar-refractivity contribution >= 4 is 23.6 Å². The standard InChI is InChI=1S/C82H152N4O4/c1-5-9-13-17-21-25-29-33-37-41-45-49-53-57-61-67-79(87)83-71-65-72-85(81(89)69-63-59-55-51-47-43-39-35-31-27-23-19-15-11-7-3)77-78-86(82(90)70-64-60-56-52-48-44-40-36-32-28-24-20-16-12-8-4)74-66-73-84(76-75-83)80(88)68-62-58-54-50-46-42-38-34-30-26-22-18-14-10-6-2/h33-40H,5-32,41-78H2,1-4H3/b37-33-,38-34-,39-35-,40-36-.